The molecule has 1 atom stereocenters. The number of anilines is 1. The average molecular weight is 371 g/mol. The van der Waals surface area contributed by atoms with Crippen LogP contribution in [0.4, 0.5) is 5.69 Å². The van der Waals surface area contributed by atoms with E-state index in [1.54, 1.807) is 25.3 Å². The molecule has 0 spiro atoms. The van der Waals surface area contributed by atoms with Gasteiger partial charge >= 0.3 is 0 Å². The topological polar surface area (TPSA) is 62.4 Å². The summed E-state index contributed by atoms with van der Waals surface area (Å²) < 4.78 is 5.24. The third kappa shape index (κ3) is 6.48. The fourth-order valence-electron chi connectivity index (χ4n) is 2.21. The number of hydrogen-bond donors (Lipinski definition) is 3. The van der Waals surface area contributed by atoms with Gasteiger partial charge in [0.1, 0.15) is 5.75 Å². The third-order valence-electron chi connectivity index (χ3n) is 3.25. The Morgan fingerprint density at radius 2 is 2.23 bits per heavy atom. The molecule has 0 aromatic heterocycles. The van der Waals surface area contributed by atoms with Gasteiger partial charge in [-0.2, -0.15) is 0 Å². The van der Waals surface area contributed by atoms with Crippen molar-refractivity contribution in [2.24, 2.45) is 0 Å². The minimum absolute atomic E-state index is 0. The zero-order valence-corrected chi connectivity index (χ0v) is 14.7. The van der Waals surface area contributed by atoms with Crippen LogP contribution in [0.3, 0.4) is 0 Å². The lowest BCUT2D eigenvalue weighted by molar-refractivity contribution is -0.121. The summed E-state index contributed by atoms with van der Waals surface area (Å²) in [5, 5.41) is 10.0. The predicted molar refractivity (Wildman–Crippen MR) is 95.0 cm³/mol. The smallest absolute Gasteiger partial charge is 0.222 e. The highest BCUT2D eigenvalue weighted by atomic mass is 35.5. The van der Waals surface area contributed by atoms with Crippen LogP contribution < -0.4 is 20.7 Å². The SMILES string of the molecule is COc1ccc(Cl)cc1NCCC(=O)NC1CCNC1.Cl.Cl. The Morgan fingerprint density at radius 1 is 1.45 bits per heavy atom. The van der Waals surface area contributed by atoms with Crippen molar-refractivity contribution >= 4 is 48.0 Å². The van der Waals surface area contributed by atoms with Crippen molar-refractivity contribution < 1.29 is 9.53 Å². The fourth-order valence-corrected chi connectivity index (χ4v) is 2.38. The van der Waals surface area contributed by atoms with Crippen molar-refractivity contribution in [3.63, 3.8) is 0 Å². The van der Waals surface area contributed by atoms with Gasteiger partial charge in [0.2, 0.25) is 5.91 Å². The summed E-state index contributed by atoms with van der Waals surface area (Å²) in [7, 11) is 1.61. The summed E-state index contributed by atoms with van der Waals surface area (Å²) in [4.78, 5) is 11.8. The molecule has 1 aromatic carbocycles. The van der Waals surface area contributed by atoms with Crippen molar-refractivity contribution in [2.75, 3.05) is 32.1 Å². The van der Waals surface area contributed by atoms with E-state index in [2.05, 4.69) is 16.0 Å². The Morgan fingerprint density at radius 3 is 2.86 bits per heavy atom. The van der Waals surface area contributed by atoms with E-state index in [1.807, 2.05) is 0 Å². The molecule has 1 fully saturated rings. The summed E-state index contributed by atoms with van der Waals surface area (Å²) in [6.45, 7) is 2.38. The van der Waals surface area contributed by atoms with Gasteiger partial charge in [-0.05, 0) is 31.2 Å². The molecule has 0 radical (unpaired) electrons. The summed E-state index contributed by atoms with van der Waals surface area (Å²) in [6, 6.07) is 5.63. The van der Waals surface area contributed by atoms with E-state index in [0.717, 1.165) is 30.9 Å². The number of benzene rings is 1. The molecule has 0 saturated carbocycles. The highest BCUT2D eigenvalue weighted by Gasteiger charge is 2.16. The average Bonchev–Trinajstić information content (AvgIpc) is 2.92. The quantitative estimate of drug-likeness (QED) is 0.720. The number of rotatable bonds is 6. The van der Waals surface area contributed by atoms with Gasteiger partial charge in [-0.3, -0.25) is 4.79 Å². The van der Waals surface area contributed by atoms with E-state index in [4.69, 9.17) is 16.3 Å². The van der Waals surface area contributed by atoms with Crippen LogP contribution in [0.1, 0.15) is 12.8 Å². The molecule has 1 aliphatic rings. The predicted octanol–water partition coefficient (Wildman–Crippen LogP) is 2.47. The monoisotopic (exact) mass is 369 g/mol. The Labute approximate surface area is 148 Å². The minimum atomic E-state index is 0. The first-order chi connectivity index (χ1) is 9.69. The number of nitrogens with one attached hydrogen (secondary N) is 3. The summed E-state index contributed by atoms with van der Waals surface area (Å²) in [5.41, 5.74) is 0.801. The van der Waals surface area contributed by atoms with Crippen LogP contribution in [0.2, 0.25) is 5.02 Å². The van der Waals surface area contributed by atoms with Gasteiger partial charge in [0.05, 0.1) is 12.8 Å². The molecule has 8 heteroatoms. The molecule has 1 amide bonds. The number of amides is 1. The van der Waals surface area contributed by atoms with Crippen LogP contribution in [-0.2, 0) is 4.79 Å². The first-order valence-electron chi connectivity index (χ1n) is 6.76. The number of ether oxygens (including phenoxy) is 1. The molecule has 5 nitrogen and oxygen atoms in total. The van der Waals surface area contributed by atoms with Gasteiger partial charge in [0.25, 0.3) is 0 Å². The molecule has 22 heavy (non-hydrogen) atoms. The maximum atomic E-state index is 11.8. The third-order valence-corrected chi connectivity index (χ3v) is 3.49. The van der Waals surface area contributed by atoms with Gasteiger partial charge in [-0.15, -0.1) is 24.8 Å². The normalized spacial score (nSPS) is 16.2. The van der Waals surface area contributed by atoms with E-state index in [9.17, 15) is 4.79 Å². The van der Waals surface area contributed by atoms with E-state index >= 15 is 0 Å². The van der Waals surface area contributed by atoms with Crippen molar-refractivity contribution in [3.8, 4) is 5.75 Å². The zero-order chi connectivity index (χ0) is 14.4. The molecule has 1 aromatic rings. The number of carbonyl (C=O) groups excluding carboxylic acids is 1. The lowest BCUT2D eigenvalue weighted by atomic mass is 10.2. The van der Waals surface area contributed by atoms with Gasteiger partial charge in [0, 0.05) is 30.6 Å². The van der Waals surface area contributed by atoms with Crippen LogP contribution in [0.5, 0.6) is 5.75 Å². The Bertz CT molecular complexity index is 469. The molecule has 1 aliphatic heterocycles. The molecular formula is C14H22Cl3N3O2. The van der Waals surface area contributed by atoms with Crippen LogP contribution in [-0.4, -0.2) is 38.7 Å². The lowest BCUT2D eigenvalue weighted by Gasteiger charge is -2.13. The van der Waals surface area contributed by atoms with Crippen LogP contribution in [0.15, 0.2) is 18.2 Å². The highest BCUT2D eigenvalue weighted by Crippen LogP contribution is 2.27. The largest absolute Gasteiger partial charge is 0.495 e. The fraction of sp³-hybridized carbons (Fsp3) is 0.500. The second kappa shape index (κ2) is 10.8. The molecule has 0 aliphatic carbocycles. The number of hydrogen-bond acceptors (Lipinski definition) is 4. The second-order valence-electron chi connectivity index (χ2n) is 4.78. The standard InChI is InChI=1S/C14H20ClN3O2.2ClH/c1-20-13-3-2-10(15)8-12(13)17-7-5-14(19)18-11-4-6-16-9-11;;/h2-3,8,11,16-17H,4-7,9H2,1H3,(H,18,19);2*1H. The zero-order valence-electron chi connectivity index (χ0n) is 12.4. The summed E-state index contributed by atoms with van der Waals surface area (Å²) >= 11 is 5.95. The number of carbonyl (C=O) groups is 1. The lowest BCUT2D eigenvalue weighted by Crippen LogP contribution is -2.36. The van der Waals surface area contributed by atoms with Crippen LogP contribution in [0.25, 0.3) is 0 Å². The molecule has 3 N–H and O–H groups in total. The molecular weight excluding hydrogens is 349 g/mol. The van der Waals surface area contributed by atoms with Gasteiger partial charge < -0.3 is 20.7 Å². The van der Waals surface area contributed by atoms with Gasteiger partial charge in [-0.25, -0.2) is 0 Å². The number of halogens is 3. The summed E-state index contributed by atoms with van der Waals surface area (Å²) in [6.07, 6.45) is 1.42. The van der Waals surface area contributed by atoms with E-state index < -0.39 is 0 Å². The highest BCUT2D eigenvalue weighted by molar-refractivity contribution is 6.30. The molecule has 0 bridgehead atoms. The molecule has 1 heterocycles. The summed E-state index contributed by atoms with van der Waals surface area (Å²) in [5.74, 6) is 0.780. The van der Waals surface area contributed by atoms with Crippen molar-refractivity contribution in [3.05, 3.63) is 23.2 Å². The molecule has 1 unspecified atom stereocenters. The van der Waals surface area contributed by atoms with Crippen LogP contribution in [0, 0.1) is 0 Å². The molecule has 2 rings (SSSR count). The molecule has 126 valence electrons. The van der Waals surface area contributed by atoms with Crippen molar-refractivity contribution in [1.82, 2.24) is 10.6 Å². The Balaban J connectivity index is 0.00000220. The first kappa shape index (κ1) is 21.1. The Hall–Kier alpha value is -0.880. The Kier molecular flexibility index (Phi) is 10.3. The second-order valence-corrected chi connectivity index (χ2v) is 5.22. The van der Waals surface area contributed by atoms with Crippen LogP contribution >= 0.6 is 36.4 Å². The van der Waals surface area contributed by atoms with Gasteiger partial charge in [0.15, 0.2) is 0 Å². The van der Waals surface area contributed by atoms with E-state index in [1.165, 1.54) is 0 Å². The van der Waals surface area contributed by atoms with E-state index in [-0.39, 0.29) is 36.8 Å². The maximum absolute atomic E-state index is 11.8. The van der Waals surface area contributed by atoms with E-state index in [0.29, 0.717) is 18.0 Å². The maximum Gasteiger partial charge on any atom is 0.222 e. The molecule has 1 saturated heterocycles. The van der Waals surface area contributed by atoms with Crippen molar-refractivity contribution in [2.45, 2.75) is 18.9 Å². The number of methoxy groups -OCH3 is 1. The van der Waals surface area contributed by atoms with Crippen molar-refractivity contribution in [1.29, 1.82) is 0 Å². The first-order valence-corrected chi connectivity index (χ1v) is 7.14. The van der Waals surface area contributed by atoms with Gasteiger partial charge in [-0.1, -0.05) is 11.6 Å². The minimum Gasteiger partial charge on any atom is -0.495 e.